The summed E-state index contributed by atoms with van der Waals surface area (Å²) in [4.78, 5) is 15.0. The molecule has 2 aromatic carbocycles. The van der Waals surface area contributed by atoms with Crippen LogP contribution in [0.5, 0.6) is 0 Å². The van der Waals surface area contributed by atoms with Crippen molar-refractivity contribution in [2.75, 3.05) is 16.8 Å². The predicted octanol–water partition coefficient (Wildman–Crippen LogP) is 5.00. The van der Waals surface area contributed by atoms with Crippen LogP contribution in [0.1, 0.15) is 23.9 Å². The SMILES string of the molecule is Cc1nc(NCCc2c[nH]c3ccccc23)cc(N2c3ccccc3CC2C)n1. The second kappa shape index (κ2) is 7.24. The molecule has 0 saturated carbocycles. The van der Waals surface area contributed by atoms with Crippen LogP contribution >= 0.6 is 0 Å². The standard InChI is InChI=1S/C24H25N5/c1-16-13-18-7-3-6-10-22(18)29(16)24-14-23(27-17(2)28-24)25-12-11-19-15-26-21-9-5-4-8-20(19)21/h3-10,14-16,26H,11-13H2,1-2H3,(H,25,27,28). The number of nitrogens with zero attached hydrogens (tertiary/aromatic N) is 3. The molecule has 3 heterocycles. The van der Waals surface area contributed by atoms with Crippen LogP contribution in [0.15, 0.2) is 60.8 Å². The van der Waals surface area contributed by atoms with E-state index in [0.29, 0.717) is 6.04 Å². The van der Waals surface area contributed by atoms with Gasteiger partial charge in [-0.1, -0.05) is 36.4 Å². The van der Waals surface area contributed by atoms with E-state index in [1.54, 1.807) is 0 Å². The van der Waals surface area contributed by atoms with Gasteiger partial charge >= 0.3 is 0 Å². The van der Waals surface area contributed by atoms with Gasteiger partial charge in [0.1, 0.15) is 17.5 Å². The third kappa shape index (κ3) is 3.33. The Labute approximate surface area is 170 Å². The zero-order valence-corrected chi connectivity index (χ0v) is 16.8. The Kier molecular flexibility index (Phi) is 4.43. The minimum atomic E-state index is 0.390. The molecule has 0 fully saturated rings. The molecule has 29 heavy (non-hydrogen) atoms. The molecule has 5 heteroatoms. The second-order valence-electron chi connectivity index (χ2n) is 7.75. The van der Waals surface area contributed by atoms with Crippen molar-refractivity contribution in [3.8, 4) is 0 Å². The second-order valence-corrected chi connectivity index (χ2v) is 7.75. The summed E-state index contributed by atoms with van der Waals surface area (Å²) in [7, 11) is 0. The number of fused-ring (bicyclic) bond motifs is 2. The number of rotatable bonds is 5. The largest absolute Gasteiger partial charge is 0.370 e. The van der Waals surface area contributed by atoms with Crippen molar-refractivity contribution in [2.45, 2.75) is 32.7 Å². The van der Waals surface area contributed by atoms with Gasteiger partial charge in [0.15, 0.2) is 0 Å². The highest BCUT2D eigenvalue weighted by molar-refractivity contribution is 5.83. The van der Waals surface area contributed by atoms with Crippen molar-refractivity contribution in [2.24, 2.45) is 0 Å². The van der Waals surface area contributed by atoms with Crippen LogP contribution in [0.3, 0.4) is 0 Å². The number of benzene rings is 2. The minimum absolute atomic E-state index is 0.390. The van der Waals surface area contributed by atoms with Crippen molar-refractivity contribution in [1.29, 1.82) is 0 Å². The van der Waals surface area contributed by atoms with Gasteiger partial charge in [-0.2, -0.15) is 0 Å². The number of anilines is 3. The molecule has 5 rings (SSSR count). The maximum Gasteiger partial charge on any atom is 0.139 e. The molecule has 0 spiro atoms. The van der Waals surface area contributed by atoms with Gasteiger partial charge in [-0.05, 0) is 49.9 Å². The first-order valence-electron chi connectivity index (χ1n) is 10.2. The number of nitrogens with one attached hydrogen (secondary N) is 2. The molecule has 146 valence electrons. The topological polar surface area (TPSA) is 56.8 Å². The summed E-state index contributed by atoms with van der Waals surface area (Å²) >= 11 is 0. The fourth-order valence-corrected chi connectivity index (χ4v) is 4.34. The molecule has 0 radical (unpaired) electrons. The number of H-pyrrole nitrogens is 1. The van der Waals surface area contributed by atoms with E-state index in [1.807, 2.05) is 6.92 Å². The molecule has 0 bridgehead atoms. The van der Waals surface area contributed by atoms with E-state index in [1.165, 1.54) is 27.7 Å². The summed E-state index contributed by atoms with van der Waals surface area (Å²) in [5, 5.41) is 4.79. The third-order valence-corrected chi connectivity index (χ3v) is 5.65. The van der Waals surface area contributed by atoms with Crippen LogP contribution in [0.25, 0.3) is 10.9 Å². The molecule has 4 aromatic rings. The number of aromatic amines is 1. The monoisotopic (exact) mass is 383 g/mol. The fraction of sp³-hybridized carbons (Fsp3) is 0.250. The van der Waals surface area contributed by atoms with Gasteiger partial charge < -0.3 is 15.2 Å². The molecule has 0 amide bonds. The Bertz CT molecular complexity index is 1160. The first-order valence-corrected chi connectivity index (χ1v) is 10.2. The van der Waals surface area contributed by atoms with E-state index in [4.69, 9.17) is 4.98 Å². The Morgan fingerprint density at radius 3 is 2.86 bits per heavy atom. The predicted molar refractivity (Wildman–Crippen MR) is 119 cm³/mol. The van der Waals surface area contributed by atoms with Gasteiger partial charge in [-0.3, -0.25) is 0 Å². The van der Waals surface area contributed by atoms with Crippen molar-refractivity contribution in [1.82, 2.24) is 15.0 Å². The van der Waals surface area contributed by atoms with Gasteiger partial charge in [-0.25, -0.2) is 9.97 Å². The smallest absolute Gasteiger partial charge is 0.139 e. The van der Waals surface area contributed by atoms with Crippen molar-refractivity contribution in [3.63, 3.8) is 0 Å². The first-order chi connectivity index (χ1) is 14.2. The molecule has 0 saturated heterocycles. The van der Waals surface area contributed by atoms with Crippen LogP contribution in [-0.2, 0) is 12.8 Å². The van der Waals surface area contributed by atoms with Gasteiger partial charge in [-0.15, -0.1) is 0 Å². The Morgan fingerprint density at radius 1 is 1.10 bits per heavy atom. The summed E-state index contributed by atoms with van der Waals surface area (Å²) in [5.74, 6) is 2.63. The van der Waals surface area contributed by atoms with E-state index in [9.17, 15) is 0 Å². The van der Waals surface area contributed by atoms with Crippen LogP contribution in [0, 0.1) is 6.92 Å². The van der Waals surface area contributed by atoms with Crippen molar-refractivity contribution >= 4 is 28.2 Å². The van der Waals surface area contributed by atoms with Gasteiger partial charge in [0.05, 0.1) is 0 Å². The molecule has 1 aliphatic heterocycles. The number of hydrogen-bond donors (Lipinski definition) is 2. The first kappa shape index (κ1) is 17.7. The minimum Gasteiger partial charge on any atom is -0.370 e. The molecular weight excluding hydrogens is 358 g/mol. The number of hydrogen-bond acceptors (Lipinski definition) is 4. The molecular formula is C24H25N5. The summed E-state index contributed by atoms with van der Waals surface area (Å²) < 4.78 is 0. The van der Waals surface area contributed by atoms with Gasteiger partial charge in [0.2, 0.25) is 0 Å². The summed E-state index contributed by atoms with van der Waals surface area (Å²) in [6.45, 7) is 5.03. The number of para-hydroxylation sites is 2. The van der Waals surface area contributed by atoms with E-state index >= 15 is 0 Å². The molecule has 2 aromatic heterocycles. The lowest BCUT2D eigenvalue weighted by Crippen LogP contribution is -2.25. The summed E-state index contributed by atoms with van der Waals surface area (Å²) in [5.41, 5.74) is 5.14. The van der Waals surface area contributed by atoms with Crippen molar-refractivity contribution < 1.29 is 0 Å². The van der Waals surface area contributed by atoms with E-state index < -0.39 is 0 Å². The lowest BCUT2D eigenvalue weighted by Gasteiger charge is -2.24. The zero-order chi connectivity index (χ0) is 19.8. The third-order valence-electron chi connectivity index (χ3n) is 5.65. The van der Waals surface area contributed by atoms with Crippen LogP contribution < -0.4 is 10.2 Å². The maximum absolute atomic E-state index is 4.73. The highest BCUT2D eigenvalue weighted by atomic mass is 15.2. The lowest BCUT2D eigenvalue weighted by atomic mass is 10.1. The molecule has 5 nitrogen and oxygen atoms in total. The van der Waals surface area contributed by atoms with E-state index in [0.717, 1.165) is 36.8 Å². The average Bonchev–Trinajstić information content (AvgIpc) is 3.28. The van der Waals surface area contributed by atoms with Gasteiger partial charge in [0.25, 0.3) is 0 Å². The average molecular weight is 383 g/mol. The Hall–Kier alpha value is -3.34. The Balaban J connectivity index is 1.35. The van der Waals surface area contributed by atoms with E-state index in [2.05, 4.69) is 87.9 Å². The number of aromatic nitrogens is 3. The quantitative estimate of drug-likeness (QED) is 0.509. The molecule has 2 N–H and O–H groups in total. The highest BCUT2D eigenvalue weighted by Gasteiger charge is 2.28. The molecule has 1 atom stereocenters. The van der Waals surface area contributed by atoms with Crippen LogP contribution in [0.4, 0.5) is 17.3 Å². The maximum atomic E-state index is 4.73. The van der Waals surface area contributed by atoms with Crippen molar-refractivity contribution in [3.05, 3.63) is 77.7 Å². The molecule has 1 unspecified atom stereocenters. The lowest BCUT2D eigenvalue weighted by molar-refractivity contribution is 0.747. The molecule has 0 aliphatic carbocycles. The highest BCUT2D eigenvalue weighted by Crippen LogP contribution is 2.37. The fourth-order valence-electron chi connectivity index (χ4n) is 4.34. The molecule has 1 aliphatic rings. The Morgan fingerprint density at radius 2 is 1.93 bits per heavy atom. The normalized spacial score (nSPS) is 15.7. The van der Waals surface area contributed by atoms with Crippen LogP contribution in [-0.4, -0.2) is 27.5 Å². The zero-order valence-electron chi connectivity index (χ0n) is 16.8. The summed E-state index contributed by atoms with van der Waals surface area (Å²) in [6.07, 6.45) is 4.08. The van der Waals surface area contributed by atoms with Gasteiger partial charge in [0, 0.05) is 41.4 Å². The van der Waals surface area contributed by atoms with Crippen LogP contribution in [0.2, 0.25) is 0 Å². The van der Waals surface area contributed by atoms with E-state index in [-0.39, 0.29) is 0 Å². The summed E-state index contributed by atoms with van der Waals surface area (Å²) in [6, 6.07) is 19.5. The number of aryl methyl sites for hydroxylation is 1.